The van der Waals surface area contributed by atoms with Crippen molar-refractivity contribution in [3.05, 3.63) is 23.0 Å². The minimum Gasteiger partial charge on any atom is -0.324 e. The van der Waals surface area contributed by atoms with E-state index in [1.807, 2.05) is 13.8 Å². The molecule has 0 fully saturated rings. The van der Waals surface area contributed by atoms with E-state index in [0.29, 0.717) is 0 Å². The molecule has 1 aliphatic carbocycles. The van der Waals surface area contributed by atoms with E-state index in [2.05, 4.69) is 16.4 Å². The predicted octanol–water partition coefficient (Wildman–Crippen LogP) is 1.80. The number of rotatable bonds is 0. The van der Waals surface area contributed by atoms with Gasteiger partial charge in [-0.3, -0.25) is 9.78 Å². The third-order valence-corrected chi connectivity index (χ3v) is 3.46. The molecule has 0 saturated carbocycles. The van der Waals surface area contributed by atoms with E-state index in [1.54, 1.807) is 0 Å². The van der Waals surface area contributed by atoms with Crippen molar-refractivity contribution < 1.29 is 4.79 Å². The van der Waals surface area contributed by atoms with Crippen LogP contribution < -0.4 is 5.32 Å². The Morgan fingerprint density at radius 1 is 1.40 bits per heavy atom. The number of anilines is 1. The van der Waals surface area contributed by atoms with Crippen LogP contribution in [0.15, 0.2) is 6.07 Å². The molecule has 1 amide bonds. The van der Waals surface area contributed by atoms with Gasteiger partial charge in [-0.2, -0.15) is 0 Å². The van der Waals surface area contributed by atoms with Crippen LogP contribution in [0.5, 0.6) is 0 Å². The predicted molar refractivity (Wildman–Crippen MR) is 57.9 cm³/mol. The molecule has 0 unspecified atom stereocenters. The Labute approximate surface area is 88.9 Å². The topological polar surface area (TPSA) is 42.0 Å². The lowest BCUT2D eigenvalue weighted by atomic mass is 9.90. The third-order valence-electron chi connectivity index (χ3n) is 3.46. The van der Waals surface area contributed by atoms with Gasteiger partial charge in [0.25, 0.3) is 0 Å². The first-order valence-electron chi connectivity index (χ1n) is 5.44. The summed E-state index contributed by atoms with van der Waals surface area (Å²) in [7, 11) is 0. The molecule has 0 spiro atoms. The van der Waals surface area contributed by atoms with Crippen molar-refractivity contribution in [2.75, 3.05) is 5.32 Å². The first-order chi connectivity index (χ1) is 7.09. The van der Waals surface area contributed by atoms with Gasteiger partial charge in [0.2, 0.25) is 5.91 Å². The molecule has 1 aromatic rings. The van der Waals surface area contributed by atoms with Gasteiger partial charge in [-0.1, -0.05) is 0 Å². The highest BCUT2D eigenvalue weighted by Gasteiger charge is 2.40. The first kappa shape index (κ1) is 8.89. The van der Waals surface area contributed by atoms with Gasteiger partial charge in [0.15, 0.2) is 0 Å². The number of aromatic nitrogens is 1. The normalized spacial score (nSPS) is 21.1. The van der Waals surface area contributed by atoms with Crippen LogP contribution in [0.3, 0.4) is 0 Å². The van der Waals surface area contributed by atoms with Crippen molar-refractivity contribution in [3.63, 3.8) is 0 Å². The van der Waals surface area contributed by atoms with E-state index >= 15 is 0 Å². The largest absolute Gasteiger partial charge is 0.324 e. The van der Waals surface area contributed by atoms with E-state index in [1.165, 1.54) is 17.7 Å². The van der Waals surface area contributed by atoms with Gasteiger partial charge < -0.3 is 5.32 Å². The summed E-state index contributed by atoms with van der Waals surface area (Å²) in [5.74, 6) is 0.0636. The Morgan fingerprint density at radius 2 is 2.20 bits per heavy atom. The molecular formula is C12H14N2O. The monoisotopic (exact) mass is 202 g/mol. The Bertz CT molecular complexity index is 463. The summed E-state index contributed by atoms with van der Waals surface area (Å²) in [6, 6.07) is 2.11. The second kappa shape index (κ2) is 2.60. The van der Waals surface area contributed by atoms with Crippen molar-refractivity contribution in [1.29, 1.82) is 0 Å². The lowest BCUT2D eigenvalue weighted by molar-refractivity contribution is -0.119. The van der Waals surface area contributed by atoms with Crippen LogP contribution in [-0.4, -0.2) is 10.9 Å². The summed E-state index contributed by atoms with van der Waals surface area (Å²) < 4.78 is 0. The Morgan fingerprint density at radius 3 is 3.00 bits per heavy atom. The number of hydrogen-bond acceptors (Lipinski definition) is 2. The number of nitrogens with zero attached hydrogens (tertiary/aromatic N) is 1. The molecule has 2 aliphatic rings. The molecule has 78 valence electrons. The highest BCUT2D eigenvalue weighted by molar-refractivity contribution is 6.05. The van der Waals surface area contributed by atoms with E-state index in [9.17, 15) is 4.79 Å². The number of carbonyl (C=O) groups is 1. The second-order valence-electron chi connectivity index (χ2n) is 4.92. The van der Waals surface area contributed by atoms with E-state index in [-0.39, 0.29) is 5.91 Å². The molecule has 15 heavy (non-hydrogen) atoms. The molecule has 3 rings (SSSR count). The number of hydrogen-bond donors (Lipinski definition) is 1. The molecule has 0 aromatic carbocycles. The quantitative estimate of drug-likeness (QED) is 0.697. The Balaban J connectivity index is 2.21. The zero-order valence-corrected chi connectivity index (χ0v) is 9.05. The first-order valence-corrected chi connectivity index (χ1v) is 5.44. The second-order valence-corrected chi connectivity index (χ2v) is 4.92. The summed E-state index contributed by atoms with van der Waals surface area (Å²) in [5.41, 5.74) is 3.89. The fourth-order valence-corrected chi connectivity index (χ4v) is 2.43. The molecule has 1 N–H and O–H groups in total. The van der Waals surface area contributed by atoms with Crippen LogP contribution in [0.4, 0.5) is 5.69 Å². The number of pyridine rings is 1. The molecule has 3 nitrogen and oxygen atoms in total. The summed E-state index contributed by atoms with van der Waals surface area (Å²) in [6.45, 7) is 3.87. The third kappa shape index (κ3) is 1.06. The van der Waals surface area contributed by atoms with Crippen LogP contribution in [0.2, 0.25) is 0 Å². The highest BCUT2D eigenvalue weighted by Crippen LogP contribution is 2.38. The standard InChI is InChI=1S/C12H14N2O/c1-12(2)10-9(14-11(12)15)6-7-4-3-5-8(7)13-10/h6H,3-5H2,1-2H3,(H,14,15). The van der Waals surface area contributed by atoms with E-state index < -0.39 is 5.41 Å². The highest BCUT2D eigenvalue weighted by atomic mass is 16.2. The van der Waals surface area contributed by atoms with Crippen LogP contribution in [0.1, 0.15) is 37.2 Å². The lowest BCUT2D eigenvalue weighted by Crippen LogP contribution is -2.27. The van der Waals surface area contributed by atoms with Crippen LogP contribution in [0.25, 0.3) is 0 Å². The molecule has 1 aromatic heterocycles. The molecule has 0 saturated heterocycles. The molecule has 1 aliphatic heterocycles. The van der Waals surface area contributed by atoms with Crippen molar-refractivity contribution in [3.8, 4) is 0 Å². The van der Waals surface area contributed by atoms with Gasteiger partial charge in [-0.15, -0.1) is 0 Å². The minimum absolute atomic E-state index is 0.0636. The fraction of sp³-hybridized carbons (Fsp3) is 0.500. The Kier molecular flexibility index (Phi) is 1.54. The number of amides is 1. The maximum absolute atomic E-state index is 11.7. The number of carbonyl (C=O) groups excluding carboxylic acids is 1. The average Bonchev–Trinajstić information content (AvgIpc) is 2.69. The zero-order chi connectivity index (χ0) is 10.6. The minimum atomic E-state index is -0.465. The molecule has 2 heterocycles. The van der Waals surface area contributed by atoms with Gasteiger partial charge in [0.1, 0.15) is 0 Å². The van der Waals surface area contributed by atoms with E-state index in [0.717, 1.165) is 24.2 Å². The number of fused-ring (bicyclic) bond motifs is 2. The van der Waals surface area contributed by atoms with Gasteiger partial charge in [-0.25, -0.2) is 0 Å². The summed E-state index contributed by atoms with van der Waals surface area (Å²) in [6.07, 6.45) is 3.36. The van der Waals surface area contributed by atoms with Gasteiger partial charge in [0, 0.05) is 5.69 Å². The number of nitrogens with one attached hydrogen (secondary N) is 1. The molecule has 0 bridgehead atoms. The maximum atomic E-state index is 11.7. The molecular weight excluding hydrogens is 188 g/mol. The van der Waals surface area contributed by atoms with Crippen molar-refractivity contribution in [1.82, 2.24) is 4.98 Å². The zero-order valence-electron chi connectivity index (χ0n) is 9.05. The fourth-order valence-electron chi connectivity index (χ4n) is 2.43. The van der Waals surface area contributed by atoms with Crippen molar-refractivity contribution in [2.24, 2.45) is 0 Å². The summed E-state index contributed by atoms with van der Waals surface area (Å²) in [4.78, 5) is 16.4. The van der Waals surface area contributed by atoms with Crippen molar-refractivity contribution in [2.45, 2.75) is 38.5 Å². The summed E-state index contributed by atoms with van der Waals surface area (Å²) in [5, 5.41) is 2.92. The van der Waals surface area contributed by atoms with Crippen LogP contribution in [0, 0.1) is 0 Å². The molecule has 0 atom stereocenters. The van der Waals surface area contributed by atoms with Crippen LogP contribution in [-0.2, 0) is 23.1 Å². The average molecular weight is 202 g/mol. The van der Waals surface area contributed by atoms with Crippen LogP contribution >= 0.6 is 0 Å². The molecule has 0 radical (unpaired) electrons. The van der Waals surface area contributed by atoms with Gasteiger partial charge in [0.05, 0.1) is 16.8 Å². The smallest absolute Gasteiger partial charge is 0.236 e. The SMILES string of the molecule is CC1(C)C(=O)Nc2cc3c(nc21)CCC3. The van der Waals surface area contributed by atoms with Crippen molar-refractivity contribution >= 4 is 11.6 Å². The maximum Gasteiger partial charge on any atom is 0.236 e. The Hall–Kier alpha value is -1.38. The lowest BCUT2D eigenvalue weighted by Gasteiger charge is -2.14. The van der Waals surface area contributed by atoms with Gasteiger partial charge >= 0.3 is 0 Å². The number of aryl methyl sites for hydroxylation is 2. The van der Waals surface area contributed by atoms with E-state index in [4.69, 9.17) is 0 Å². The van der Waals surface area contributed by atoms with Gasteiger partial charge in [-0.05, 0) is 44.7 Å². The summed E-state index contributed by atoms with van der Waals surface area (Å²) >= 11 is 0. The molecule has 3 heteroatoms.